The van der Waals surface area contributed by atoms with Gasteiger partial charge in [-0.3, -0.25) is 9.59 Å². The van der Waals surface area contributed by atoms with E-state index in [2.05, 4.69) is 10.2 Å². The zero-order valence-electron chi connectivity index (χ0n) is 17.5. The summed E-state index contributed by atoms with van der Waals surface area (Å²) in [6.07, 6.45) is 0. The van der Waals surface area contributed by atoms with Crippen molar-refractivity contribution < 1.29 is 28.5 Å². The molecule has 2 aromatic carbocycles. The van der Waals surface area contributed by atoms with Crippen molar-refractivity contribution in [3.05, 3.63) is 35.4 Å². The number of carbonyl (C=O) groups excluding carboxylic acids is 2. The third-order valence-electron chi connectivity index (χ3n) is 4.11. The van der Waals surface area contributed by atoms with Gasteiger partial charge in [-0.05, 0) is 6.92 Å². The topological polar surface area (TPSA) is 99.0 Å². The number of rotatable bonds is 9. The maximum atomic E-state index is 12.9. The Morgan fingerprint density at radius 2 is 1.45 bits per heavy atom. The van der Waals surface area contributed by atoms with Crippen molar-refractivity contribution in [3.63, 3.8) is 0 Å². The average molecular weight is 470 g/mol. The molecule has 0 radical (unpaired) electrons. The van der Waals surface area contributed by atoms with Crippen molar-refractivity contribution in [1.29, 1.82) is 0 Å². The predicted octanol–water partition coefficient (Wildman–Crippen LogP) is 4.60. The molecule has 166 valence electrons. The number of Topliss-reactive ketones (excluding diaryl/α,β-unsaturated/α-hetero) is 1. The fraction of sp³-hybridized carbons (Fsp3) is 0.300. The highest BCUT2D eigenvalue weighted by Gasteiger charge is 2.29. The van der Waals surface area contributed by atoms with Gasteiger partial charge in [0.2, 0.25) is 6.04 Å². The summed E-state index contributed by atoms with van der Waals surface area (Å²) in [4.78, 5) is 25.0. The first-order valence-electron chi connectivity index (χ1n) is 8.81. The molecule has 9 nitrogen and oxygen atoms in total. The second-order valence-electron chi connectivity index (χ2n) is 6.08. The predicted molar refractivity (Wildman–Crippen MR) is 116 cm³/mol. The molecule has 11 heteroatoms. The largest absolute Gasteiger partial charge is 0.497 e. The van der Waals surface area contributed by atoms with Crippen LogP contribution in [0, 0.1) is 0 Å². The van der Waals surface area contributed by atoms with Crippen LogP contribution in [0.15, 0.2) is 40.6 Å². The van der Waals surface area contributed by atoms with Crippen LogP contribution in [0.1, 0.15) is 6.92 Å². The van der Waals surface area contributed by atoms with Gasteiger partial charge in [0.25, 0.3) is 5.91 Å². The number of benzene rings is 2. The Bertz CT molecular complexity index is 977. The summed E-state index contributed by atoms with van der Waals surface area (Å²) in [5, 5.41) is 7.99. The van der Waals surface area contributed by atoms with Crippen molar-refractivity contribution in [2.45, 2.75) is 13.0 Å². The molecule has 0 bridgehead atoms. The van der Waals surface area contributed by atoms with Crippen LogP contribution >= 0.6 is 23.4 Å². The van der Waals surface area contributed by atoms with Crippen molar-refractivity contribution in [3.8, 4) is 23.0 Å². The van der Waals surface area contributed by atoms with Crippen LogP contribution in [-0.2, 0) is 9.59 Å². The number of hydrogen-bond donors (Lipinski definition) is 0. The summed E-state index contributed by atoms with van der Waals surface area (Å²) in [5.74, 6) is 0.124. The molecule has 0 aliphatic heterocycles. The lowest BCUT2D eigenvalue weighted by Crippen LogP contribution is -2.36. The van der Waals surface area contributed by atoms with Gasteiger partial charge in [0, 0.05) is 42.1 Å². The molecular formula is C20H21Cl2N3O6. The maximum Gasteiger partial charge on any atom is 0.276 e. The molecule has 0 heterocycles. The fourth-order valence-electron chi connectivity index (χ4n) is 2.46. The first-order valence-corrected chi connectivity index (χ1v) is 9.52. The summed E-state index contributed by atoms with van der Waals surface area (Å²) in [5.41, 5.74) is 0.381. The minimum absolute atomic E-state index is 0.141. The van der Waals surface area contributed by atoms with Crippen molar-refractivity contribution >= 4 is 46.4 Å². The Balaban J connectivity index is 2.39. The van der Waals surface area contributed by atoms with E-state index in [1.165, 1.54) is 53.6 Å². The minimum Gasteiger partial charge on any atom is -0.497 e. The van der Waals surface area contributed by atoms with Gasteiger partial charge in [-0.15, -0.1) is 0 Å². The fourth-order valence-corrected chi connectivity index (χ4v) is 2.88. The van der Waals surface area contributed by atoms with Gasteiger partial charge in [0.1, 0.15) is 33.7 Å². The Morgan fingerprint density at radius 1 is 0.903 bits per heavy atom. The number of nitrogens with zero attached hydrogens (tertiary/aromatic N) is 3. The van der Waals surface area contributed by atoms with Crippen LogP contribution in [0.2, 0.25) is 5.02 Å². The maximum absolute atomic E-state index is 12.9. The van der Waals surface area contributed by atoms with Gasteiger partial charge in [0.15, 0.2) is 5.78 Å². The normalized spacial score (nSPS) is 11.7. The minimum atomic E-state index is -1.51. The first kappa shape index (κ1) is 24.2. The van der Waals surface area contributed by atoms with E-state index in [4.69, 9.17) is 42.3 Å². The average Bonchev–Trinajstić information content (AvgIpc) is 2.78. The van der Waals surface area contributed by atoms with Crippen molar-refractivity contribution in [2.24, 2.45) is 10.2 Å². The van der Waals surface area contributed by atoms with Gasteiger partial charge in [-0.2, -0.15) is 10.2 Å². The van der Waals surface area contributed by atoms with Crippen molar-refractivity contribution in [2.75, 3.05) is 32.9 Å². The molecular weight excluding hydrogens is 449 g/mol. The number of amides is 1. The molecule has 0 aromatic heterocycles. The second-order valence-corrected chi connectivity index (χ2v) is 6.80. The van der Waals surface area contributed by atoms with Gasteiger partial charge in [-0.25, -0.2) is 4.42 Å². The molecule has 2 rings (SSSR count). The third-order valence-corrected chi connectivity index (χ3v) is 4.85. The van der Waals surface area contributed by atoms with E-state index in [0.717, 1.165) is 4.42 Å². The number of azo groups is 1. The highest BCUT2D eigenvalue weighted by molar-refractivity contribution is 6.39. The van der Waals surface area contributed by atoms with Crippen LogP contribution in [0.3, 0.4) is 0 Å². The SMILES string of the molecule is COc1cc(OC)cc(N(Cl)C(=O)C(N=Nc2cc(OC)cc(OC)c2Cl)C(C)=O)c1. The molecule has 0 saturated heterocycles. The number of anilines is 1. The summed E-state index contributed by atoms with van der Waals surface area (Å²) >= 11 is 12.5. The van der Waals surface area contributed by atoms with Gasteiger partial charge >= 0.3 is 0 Å². The van der Waals surface area contributed by atoms with Gasteiger partial charge < -0.3 is 18.9 Å². The van der Waals surface area contributed by atoms with E-state index in [0.29, 0.717) is 23.0 Å². The summed E-state index contributed by atoms with van der Waals surface area (Å²) in [7, 11) is 5.80. The van der Waals surface area contributed by atoms with Crippen LogP contribution in [0.25, 0.3) is 0 Å². The van der Waals surface area contributed by atoms with Crippen molar-refractivity contribution in [1.82, 2.24) is 0 Å². The van der Waals surface area contributed by atoms with E-state index in [1.54, 1.807) is 12.1 Å². The zero-order chi connectivity index (χ0) is 23.1. The molecule has 0 N–H and O–H groups in total. The van der Waals surface area contributed by atoms with Gasteiger partial charge in [-0.1, -0.05) is 11.6 Å². The Kier molecular flexibility index (Phi) is 8.47. The molecule has 2 aromatic rings. The molecule has 1 amide bonds. The smallest absolute Gasteiger partial charge is 0.276 e. The Labute approximate surface area is 189 Å². The summed E-state index contributed by atoms with van der Waals surface area (Å²) in [6, 6.07) is 6.16. The number of ketones is 1. The summed E-state index contributed by atoms with van der Waals surface area (Å²) in [6.45, 7) is 1.20. The second kappa shape index (κ2) is 10.8. The number of hydrogen-bond acceptors (Lipinski definition) is 8. The van der Waals surface area contributed by atoms with Gasteiger partial charge in [0.05, 0.1) is 34.1 Å². The van der Waals surface area contributed by atoms with E-state index >= 15 is 0 Å². The molecule has 0 fully saturated rings. The standard InChI is InChI=1S/C20H21Cl2N3O6/c1-11(26)19(24-23-16-9-15(30-4)10-17(31-5)18(16)21)20(27)25(22)12-6-13(28-2)8-14(7-12)29-3/h6-10,19H,1-5H3. The van der Waals surface area contributed by atoms with Crippen LogP contribution in [0.4, 0.5) is 11.4 Å². The Hall–Kier alpha value is -3.04. The molecule has 1 unspecified atom stereocenters. The highest BCUT2D eigenvalue weighted by Crippen LogP contribution is 2.38. The molecule has 31 heavy (non-hydrogen) atoms. The van der Waals surface area contributed by atoms with Crippen LogP contribution in [0.5, 0.6) is 23.0 Å². The molecule has 0 aliphatic carbocycles. The molecule has 1 atom stereocenters. The number of halogens is 2. The molecule has 0 saturated carbocycles. The monoisotopic (exact) mass is 469 g/mol. The number of methoxy groups -OCH3 is 4. The quantitative estimate of drug-likeness (QED) is 0.302. The Morgan fingerprint density at radius 3 is 1.94 bits per heavy atom. The van der Waals surface area contributed by atoms with E-state index in [-0.39, 0.29) is 16.4 Å². The molecule has 0 spiro atoms. The lowest BCUT2D eigenvalue weighted by Gasteiger charge is -2.18. The number of ether oxygens (including phenoxy) is 4. The first-order chi connectivity index (χ1) is 14.7. The van der Waals surface area contributed by atoms with E-state index in [1.807, 2.05) is 0 Å². The highest BCUT2D eigenvalue weighted by atomic mass is 35.5. The lowest BCUT2D eigenvalue weighted by molar-refractivity contribution is -0.126. The zero-order valence-corrected chi connectivity index (χ0v) is 19.0. The lowest BCUT2D eigenvalue weighted by atomic mass is 10.2. The van der Waals surface area contributed by atoms with Crippen LogP contribution < -0.4 is 23.4 Å². The number of carbonyl (C=O) groups is 2. The van der Waals surface area contributed by atoms with E-state index < -0.39 is 17.7 Å². The molecule has 0 aliphatic rings. The van der Waals surface area contributed by atoms with E-state index in [9.17, 15) is 9.59 Å². The third kappa shape index (κ3) is 5.77. The van der Waals surface area contributed by atoms with Crippen LogP contribution in [-0.4, -0.2) is 46.2 Å². The summed E-state index contributed by atoms with van der Waals surface area (Å²) < 4.78 is 21.4.